The maximum atomic E-state index is 13.4. The van der Waals surface area contributed by atoms with Crippen LogP contribution in [0.4, 0.5) is 4.39 Å². The summed E-state index contributed by atoms with van der Waals surface area (Å²) in [6, 6.07) is 19.3. The van der Waals surface area contributed by atoms with Crippen molar-refractivity contribution in [3.05, 3.63) is 83.7 Å². The number of rotatable bonds is 9. The van der Waals surface area contributed by atoms with Crippen LogP contribution in [0, 0.1) is 5.82 Å². The number of hydrogen-bond acceptors (Lipinski definition) is 4. The topological polar surface area (TPSA) is 83.6 Å². The fraction of sp³-hybridized carbons (Fsp3) is 0.222. The van der Waals surface area contributed by atoms with Crippen molar-refractivity contribution in [3.63, 3.8) is 0 Å². The Labute approximate surface area is 197 Å². The van der Waals surface area contributed by atoms with Crippen LogP contribution in [0.15, 0.2) is 66.7 Å². The van der Waals surface area contributed by atoms with Gasteiger partial charge in [-0.1, -0.05) is 18.2 Å². The molecule has 0 fully saturated rings. The molecule has 1 heterocycles. The monoisotopic (exact) mass is 462 g/mol. The average molecular weight is 463 g/mol. The van der Waals surface area contributed by atoms with E-state index in [1.54, 1.807) is 37.4 Å². The van der Waals surface area contributed by atoms with Gasteiger partial charge in [0.15, 0.2) is 0 Å². The Bertz CT molecular complexity index is 1280. The number of aryl methyl sites for hydroxylation is 1. The summed E-state index contributed by atoms with van der Waals surface area (Å²) in [5.74, 6) is 0.627. The fourth-order valence-electron chi connectivity index (χ4n) is 4.07. The lowest BCUT2D eigenvalue weighted by Gasteiger charge is -2.16. The molecule has 0 saturated carbocycles. The molecule has 7 heteroatoms. The number of halogens is 1. The first-order valence-corrected chi connectivity index (χ1v) is 11.0. The number of benzene rings is 3. The molecule has 1 unspecified atom stereocenters. The second-order valence-corrected chi connectivity index (χ2v) is 7.96. The van der Waals surface area contributed by atoms with Crippen LogP contribution in [-0.2, 0) is 11.2 Å². The lowest BCUT2D eigenvalue weighted by molar-refractivity contribution is -0.121. The first-order chi connectivity index (χ1) is 16.5. The number of hydrogen-bond donors (Lipinski definition) is 3. The number of H-pyrrole nitrogens is 1. The first-order valence-electron chi connectivity index (χ1n) is 11.0. The summed E-state index contributed by atoms with van der Waals surface area (Å²) >= 11 is 0. The normalized spacial score (nSPS) is 11.9. The van der Waals surface area contributed by atoms with Gasteiger partial charge < -0.3 is 24.9 Å². The van der Waals surface area contributed by atoms with Crippen molar-refractivity contribution in [3.8, 4) is 22.8 Å². The highest BCUT2D eigenvalue weighted by atomic mass is 19.1. The summed E-state index contributed by atoms with van der Waals surface area (Å²) in [5.41, 5.74) is 4.21. The average Bonchev–Trinajstić information content (AvgIpc) is 3.24. The van der Waals surface area contributed by atoms with Gasteiger partial charge in [-0.3, -0.25) is 4.79 Å². The Morgan fingerprint density at radius 2 is 1.82 bits per heavy atom. The van der Waals surface area contributed by atoms with Gasteiger partial charge >= 0.3 is 0 Å². The van der Waals surface area contributed by atoms with Crippen LogP contribution < -0.4 is 14.8 Å². The van der Waals surface area contributed by atoms with Crippen molar-refractivity contribution in [1.29, 1.82) is 0 Å². The Morgan fingerprint density at radius 3 is 2.56 bits per heavy atom. The molecule has 0 aliphatic rings. The highest BCUT2D eigenvalue weighted by molar-refractivity contribution is 5.91. The molecular weight excluding hydrogens is 435 g/mol. The number of aliphatic hydroxyl groups excluding tert-OH is 1. The molecule has 3 N–H and O–H groups in total. The van der Waals surface area contributed by atoms with Crippen LogP contribution in [0.25, 0.3) is 22.2 Å². The standard InChI is InChI=1S/C27H27FN2O4/c1-33-19-11-13-25(34-2)22(15-19)24(31)16-29-26(32)14-12-21-20-5-3-4-6-23(20)30-27(21)17-7-9-18(28)10-8-17/h3-11,13,15,24,30-31H,12,14,16H2,1-2H3,(H,29,32). The van der Waals surface area contributed by atoms with Crippen molar-refractivity contribution in [2.45, 2.75) is 18.9 Å². The van der Waals surface area contributed by atoms with Crippen molar-refractivity contribution < 1.29 is 23.8 Å². The van der Waals surface area contributed by atoms with Gasteiger partial charge in [0.05, 0.1) is 20.3 Å². The van der Waals surface area contributed by atoms with Crippen LogP contribution in [0.5, 0.6) is 11.5 Å². The number of para-hydroxylation sites is 1. The number of aromatic nitrogens is 1. The van der Waals surface area contributed by atoms with Gasteiger partial charge in [-0.15, -0.1) is 0 Å². The third-order valence-electron chi connectivity index (χ3n) is 5.84. The highest BCUT2D eigenvalue weighted by Crippen LogP contribution is 2.32. The van der Waals surface area contributed by atoms with Gasteiger partial charge in [0.2, 0.25) is 5.91 Å². The number of amides is 1. The molecule has 34 heavy (non-hydrogen) atoms. The minimum atomic E-state index is -0.947. The molecule has 4 aromatic rings. The van der Waals surface area contributed by atoms with Gasteiger partial charge in [0, 0.05) is 35.1 Å². The molecule has 0 aliphatic carbocycles. The zero-order chi connectivity index (χ0) is 24.1. The lowest BCUT2D eigenvalue weighted by Crippen LogP contribution is -2.28. The van der Waals surface area contributed by atoms with E-state index >= 15 is 0 Å². The molecule has 6 nitrogen and oxygen atoms in total. The third kappa shape index (κ3) is 5.05. The van der Waals surface area contributed by atoms with Crippen LogP contribution in [-0.4, -0.2) is 36.8 Å². The number of carbonyl (C=O) groups is 1. The van der Waals surface area contributed by atoms with Gasteiger partial charge in [-0.25, -0.2) is 4.39 Å². The third-order valence-corrected chi connectivity index (χ3v) is 5.84. The molecule has 1 aromatic heterocycles. The Morgan fingerprint density at radius 1 is 1.06 bits per heavy atom. The molecule has 3 aromatic carbocycles. The zero-order valence-corrected chi connectivity index (χ0v) is 19.1. The smallest absolute Gasteiger partial charge is 0.220 e. The minimum Gasteiger partial charge on any atom is -0.497 e. The summed E-state index contributed by atoms with van der Waals surface area (Å²) in [7, 11) is 3.07. The number of aliphatic hydroxyl groups is 1. The summed E-state index contributed by atoms with van der Waals surface area (Å²) < 4.78 is 24.0. The quantitative estimate of drug-likeness (QED) is 0.335. The predicted molar refractivity (Wildman–Crippen MR) is 130 cm³/mol. The van der Waals surface area contributed by atoms with E-state index < -0.39 is 6.10 Å². The summed E-state index contributed by atoms with van der Waals surface area (Å²) in [6.07, 6.45) is -0.226. The number of aromatic amines is 1. The number of nitrogens with one attached hydrogen (secondary N) is 2. The van der Waals surface area contributed by atoms with E-state index in [0.717, 1.165) is 27.7 Å². The molecule has 0 saturated heterocycles. The Kier molecular flexibility index (Phi) is 7.13. The van der Waals surface area contributed by atoms with E-state index in [4.69, 9.17) is 9.47 Å². The van der Waals surface area contributed by atoms with Gasteiger partial charge in [0.25, 0.3) is 0 Å². The Hall–Kier alpha value is -3.84. The number of ether oxygens (including phenoxy) is 2. The van der Waals surface area contributed by atoms with Crippen LogP contribution in [0.2, 0.25) is 0 Å². The largest absolute Gasteiger partial charge is 0.497 e. The van der Waals surface area contributed by atoms with Gasteiger partial charge in [-0.05, 0) is 66.1 Å². The van der Waals surface area contributed by atoms with Crippen LogP contribution >= 0.6 is 0 Å². The SMILES string of the molecule is COc1ccc(OC)c(C(O)CNC(=O)CCc2c(-c3ccc(F)cc3)[nH]c3ccccc23)c1. The molecule has 0 bridgehead atoms. The van der Waals surface area contributed by atoms with Crippen molar-refractivity contribution in [1.82, 2.24) is 10.3 Å². The molecular formula is C27H27FN2O4. The van der Waals surface area contributed by atoms with E-state index in [-0.39, 0.29) is 24.7 Å². The van der Waals surface area contributed by atoms with Gasteiger partial charge in [-0.2, -0.15) is 0 Å². The van der Waals surface area contributed by atoms with Crippen molar-refractivity contribution in [2.24, 2.45) is 0 Å². The van der Waals surface area contributed by atoms with Crippen molar-refractivity contribution >= 4 is 16.8 Å². The summed E-state index contributed by atoms with van der Waals surface area (Å²) in [4.78, 5) is 16.0. The van der Waals surface area contributed by atoms with E-state index in [2.05, 4.69) is 10.3 Å². The zero-order valence-electron chi connectivity index (χ0n) is 19.1. The molecule has 0 spiro atoms. The minimum absolute atomic E-state index is 0.0427. The first kappa shape index (κ1) is 23.3. The second kappa shape index (κ2) is 10.4. The summed E-state index contributed by atoms with van der Waals surface area (Å²) in [6.45, 7) is 0.0427. The van der Waals surface area contributed by atoms with E-state index in [0.29, 0.717) is 23.5 Å². The number of carbonyl (C=O) groups excluding carboxylic acids is 1. The second-order valence-electron chi connectivity index (χ2n) is 7.96. The predicted octanol–water partition coefficient (Wildman–Crippen LogP) is 4.77. The van der Waals surface area contributed by atoms with E-state index in [1.807, 2.05) is 24.3 Å². The molecule has 1 amide bonds. The Balaban J connectivity index is 1.46. The molecule has 176 valence electrons. The molecule has 4 rings (SSSR count). The highest BCUT2D eigenvalue weighted by Gasteiger charge is 2.17. The molecule has 0 radical (unpaired) electrons. The maximum Gasteiger partial charge on any atom is 0.220 e. The molecule has 0 aliphatic heterocycles. The molecule has 1 atom stereocenters. The van der Waals surface area contributed by atoms with Crippen molar-refractivity contribution in [2.75, 3.05) is 20.8 Å². The lowest BCUT2D eigenvalue weighted by atomic mass is 10.0. The van der Waals surface area contributed by atoms with Gasteiger partial charge in [0.1, 0.15) is 17.3 Å². The van der Waals surface area contributed by atoms with Crippen LogP contribution in [0.3, 0.4) is 0 Å². The number of methoxy groups -OCH3 is 2. The summed E-state index contributed by atoms with van der Waals surface area (Å²) in [5, 5.41) is 14.4. The van der Waals surface area contributed by atoms with Crippen LogP contribution in [0.1, 0.15) is 23.7 Å². The maximum absolute atomic E-state index is 13.4. The number of fused-ring (bicyclic) bond motifs is 1. The van der Waals surface area contributed by atoms with E-state index in [1.165, 1.54) is 19.2 Å². The van der Waals surface area contributed by atoms with E-state index in [9.17, 15) is 14.3 Å². The fourth-order valence-corrected chi connectivity index (χ4v) is 4.07.